The summed E-state index contributed by atoms with van der Waals surface area (Å²) < 4.78 is 0. The van der Waals surface area contributed by atoms with Crippen LogP contribution in [0.5, 0.6) is 0 Å². The van der Waals surface area contributed by atoms with E-state index >= 15 is 0 Å². The van der Waals surface area contributed by atoms with Crippen molar-refractivity contribution in [2.45, 2.75) is 66.7 Å². The van der Waals surface area contributed by atoms with Gasteiger partial charge in [0.2, 0.25) is 0 Å². The van der Waals surface area contributed by atoms with Gasteiger partial charge in [0, 0.05) is 12.8 Å². The molecule has 0 atom stereocenters. The van der Waals surface area contributed by atoms with Crippen LogP contribution in [-0.4, -0.2) is 5.78 Å². The van der Waals surface area contributed by atoms with Crippen LogP contribution in [0.1, 0.15) is 66.7 Å². The van der Waals surface area contributed by atoms with E-state index in [1.165, 1.54) is 0 Å². The van der Waals surface area contributed by atoms with E-state index in [4.69, 9.17) is 5.26 Å². The zero-order valence-electron chi connectivity index (χ0n) is 9.10. The summed E-state index contributed by atoms with van der Waals surface area (Å²) in [7, 11) is 0. The molecule has 0 N–H and O–H groups in total. The molecule has 0 aliphatic carbocycles. The quantitative estimate of drug-likeness (QED) is 0.625. The molecule has 0 heterocycles. The van der Waals surface area contributed by atoms with Crippen LogP contribution in [-0.2, 0) is 4.79 Å². The average Bonchev–Trinajstić information content (AvgIpc) is 2.12. The normalized spacial score (nSPS) is 7.57. The molecule has 0 rings (SSSR count). The molecule has 0 fully saturated rings. The van der Waals surface area contributed by atoms with E-state index in [0.717, 1.165) is 38.5 Å². The molecule has 0 saturated heterocycles. The largest absolute Gasteiger partial charge is 0.300 e. The Morgan fingerprint density at radius 2 is 1.71 bits per heavy atom. The van der Waals surface area contributed by atoms with Crippen molar-refractivity contribution in [3.05, 3.63) is 0 Å². The van der Waals surface area contributed by atoms with E-state index in [9.17, 15) is 4.79 Å². The van der Waals surface area contributed by atoms with Crippen molar-refractivity contribution in [3.63, 3.8) is 0 Å². The molecule has 0 amide bonds. The summed E-state index contributed by atoms with van der Waals surface area (Å²) >= 11 is 0. The third-order valence-electron chi connectivity index (χ3n) is 1.52. The summed E-state index contributed by atoms with van der Waals surface area (Å²) in [6.07, 6.45) is 5.84. The first-order valence-corrected chi connectivity index (χ1v) is 5.05. The molecule has 2 heteroatoms. The summed E-state index contributed by atoms with van der Waals surface area (Å²) in [6.45, 7) is 5.80. The lowest BCUT2D eigenvalue weighted by Gasteiger charge is -1.86. The maximum absolute atomic E-state index is 10.2. The van der Waals surface area contributed by atoms with Crippen LogP contribution in [0.25, 0.3) is 0 Å². The third kappa shape index (κ3) is 30.4. The highest BCUT2D eigenvalue weighted by Crippen LogP contribution is 1.92. The Bertz CT molecular complexity index is 147. The number of carbonyl (C=O) groups is 1. The minimum absolute atomic E-state index is 0. The molecular weight excluding hydrogens is 174 g/mol. The number of carbonyl (C=O) groups excluding carboxylic acids is 1. The van der Waals surface area contributed by atoms with Gasteiger partial charge >= 0.3 is 0 Å². The molecule has 2 nitrogen and oxygen atoms in total. The van der Waals surface area contributed by atoms with Crippen molar-refractivity contribution >= 4 is 5.78 Å². The molecule has 84 valence electrons. The second-order valence-corrected chi connectivity index (χ2v) is 3.07. The molecule has 0 bridgehead atoms. The van der Waals surface area contributed by atoms with Crippen LogP contribution in [0, 0.1) is 11.3 Å². The summed E-state index contributed by atoms with van der Waals surface area (Å²) in [5, 5.41) is 7.95. The highest BCUT2D eigenvalue weighted by Gasteiger charge is 1.87. The SMILES string of the molecule is C.CCCCC#N.CCCCC(C)=O. The van der Waals surface area contributed by atoms with Gasteiger partial charge in [-0.25, -0.2) is 0 Å². The van der Waals surface area contributed by atoms with Gasteiger partial charge in [0.05, 0.1) is 6.07 Å². The van der Waals surface area contributed by atoms with Gasteiger partial charge in [0.15, 0.2) is 0 Å². The van der Waals surface area contributed by atoms with Crippen LogP contribution >= 0.6 is 0 Å². The van der Waals surface area contributed by atoms with Gasteiger partial charge in [-0.05, 0) is 19.8 Å². The molecule has 0 unspecified atom stereocenters. The van der Waals surface area contributed by atoms with Crippen molar-refractivity contribution in [1.29, 1.82) is 5.26 Å². The van der Waals surface area contributed by atoms with Crippen molar-refractivity contribution in [2.75, 3.05) is 0 Å². The second kappa shape index (κ2) is 18.0. The molecule has 0 aromatic heterocycles. The minimum Gasteiger partial charge on any atom is -0.300 e. The number of nitriles is 1. The van der Waals surface area contributed by atoms with Crippen molar-refractivity contribution < 1.29 is 4.79 Å². The summed E-state index contributed by atoms with van der Waals surface area (Å²) in [4.78, 5) is 10.2. The fourth-order valence-corrected chi connectivity index (χ4v) is 0.682. The van der Waals surface area contributed by atoms with Gasteiger partial charge < -0.3 is 4.79 Å². The Labute approximate surface area is 89.3 Å². The highest BCUT2D eigenvalue weighted by atomic mass is 16.1. The summed E-state index contributed by atoms with van der Waals surface area (Å²) in [6, 6.07) is 2.07. The van der Waals surface area contributed by atoms with Crippen molar-refractivity contribution in [1.82, 2.24) is 0 Å². The number of Topliss-reactive ketones (excluding diaryl/α,β-unsaturated/α-hetero) is 1. The van der Waals surface area contributed by atoms with E-state index in [1.54, 1.807) is 6.92 Å². The molecule has 0 radical (unpaired) electrons. The number of rotatable bonds is 5. The lowest BCUT2D eigenvalue weighted by atomic mass is 10.2. The molecular formula is C12H25NO. The zero-order valence-corrected chi connectivity index (χ0v) is 9.10. The van der Waals surface area contributed by atoms with Gasteiger partial charge in [-0.2, -0.15) is 5.26 Å². The lowest BCUT2D eigenvalue weighted by molar-refractivity contribution is -0.117. The standard InChI is InChI=1S/C6H12O.C5H9N.CH4/c1-3-4-5-6(2)7;1-2-3-4-5-6;/h3-5H2,1-2H3;2-4H2,1H3;1H4. The van der Waals surface area contributed by atoms with Gasteiger partial charge in [0.1, 0.15) is 5.78 Å². The topological polar surface area (TPSA) is 40.9 Å². The summed E-state index contributed by atoms with van der Waals surface area (Å²) in [5.74, 6) is 0.307. The fourth-order valence-electron chi connectivity index (χ4n) is 0.682. The maximum Gasteiger partial charge on any atom is 0.129 e. The van der Waals surface area contributed by atoms with Gasteiger partial charge in [0.25, 0.3) is 0 Å². The number of hydrogen-bond donors (Lipinski definition) is 0. The Morgan fingerprint density at radius 1 is 1.21 bits per heavy atom. The van der Waals surface area contributed by atoms with Gasteiger partial charge in [-0.15, -0.1) is 0 Å². The predicted octanol–water partition coefficient (Wildman–Crippen LogP) is 4.10. The maximum atomic E-state index is 10.2. The van der Waals surface area contributed by atoms with Crippen LogP contribution in [0.15, 0.2) is 0 Å². The number of unbranched alkanes of at least 4 members (excludes halogenated alkanes) is 3. The average molecular weight is 199 g/mol. The van der Waals surface area contributed by atoms with Crippen LogP contribution < -0.4 is 0 Å². The molecule has 0 aromatic carbocycles. The Balaban J connectivity index is -0.000000163. The first kappa shape index (κ1) is 18.9. The van der Waals surface area contributed by atoms with Gasteiger partial charge in [-0.3, -0.25) is 0 Å². The Morgan fingerprint density at radius 3 is 1.86 bits per heavy atom. The first-order valence-electron chi connectivity index (χ1n) is 5.05. The highest BCUT2D eigenvalue weighted by molar-refractivity contribution is 5.75. The van der Waals surface area contributed by atoms with Crippen LogP contribution in [0.4, 0.5) is 0 Å². The lowest BCUT2D eigenvalue weighted by Crippen LogP contribution is -1.86. The number of hydrogen-bond acceptors (Lipinski definition) is 2. The molecule has 0 aromatic rings. The minimum atomic E-state index is 0. The van der Waals surface area contributed by atoms with Crippen LogP contribution in [0.3, 0.4) is 0 Å². The van der Waals surface area contributed by atoms with E-state index in [1.807, 2.05) is 0 Å². The van der Waals surface area contributed by atoms with E-state index in [0.29, 0.717) is 5.78 Å². The van der Waals surface area contributed by atoms with E-state index in [2.05, 4.69) is 19.9 Å². The Kier molecular flexibility index (Phi) is 24.3. The third-order valence-corrected chi connectivity index (χ3v) is 1.52. The first-order chi connectivity index (χ1) is 6.18. The molecule has 0 saturated carbocycles. The molecule has 14 heavy (non-hydrogen) atoms. The number of nitrogens with zero attached hydrogens (tertiary/aromatic N) is 1. The van der Waals surface area contributed by atoms with Crippen molar-refractivity contribution in [2.24, 2.45) is 0 Å². The fraction of sp³-hybridized carbons (Fsp3) is 0.833. The number of ketones is 1. The second-order valence-electron chi connectivity index (χ2n) is 3.07. The zero-order chi connectivity index (χ0) is 10.5. The van der Waals surface area contributed by atoms with Crippen molar-refractivity contribution in [3.8, 4) is 6.07 Å². The smallest absolute Gasteiger partial charge is 0.129 e. The predicted molar refractivity (Wildman–Crippen MR) is 62.1 cm³/mol. The Hall–Kier alpha value is -0.840. The van der Waals surface area contributed by atoms with Crippen LogP contribution in [0.2, 0.25) is 0 Å². The molecule has 0 spiro atoms. The molecule has 0 aliphatic heterocycles. The van der Waals surface area contributed by atoms with E-state index in [-0.39, 0.29) is 7.43 Å². The summed E-state index contributed by atoms with van der Waals surface area (Å²) in [5.41, 5.74) is 0. The monoisotopic (exact) mass is 199 g/mol. The molecule has 0 aliphatic rings. The van der Waals surface area contributed by atoms with Gasteiger partial charge in [-0.1, -0.05) is 34.1 Å². The van der Waals surface area contributed by atoms with E-state index < -0.39 is 0 Å².